The maximum absolute atomic E-state index is 13.1. The fourth-order valence-electron chi connectivity index (χ4n) is 3.24. The first kappa shape index (κ1) is 22.6. The molecule has 0 aliphatic heterocycles. The third-order valence-electron chi connectivity index (χ3n) is 4.74. The molecule has 2 aromatic rings. The number of carbonyl (C=O) groups excluding carboxylic acids is 2. The number of aromatic nitrogens is 3. The molecule has 0 atom stereocenters. The average Bonchev–Trinajstić information content (AvgIpc) is 2.92. The highest BCUT2D eigenvalue weighted by Crippen LogP contribution is 2.17. The van der Waals surface area contributed by atoms with Crippen molar-refractivity contribution in [3.63, 3.8) is 0 Å². The van der Waals surface area contributed by atoms with Crippen LogP contribution in [0.3, 0.4) is 0 Å². The molecule has 7 heteroatoms. The van der Waals surface area contributed by atoms with E-state index in [1.807, 2.05) is 30.7 Å². The standard InChI is InChI=1S/C22H32N4O3/c1-6-29-22(28)9-11-25(15-19-8-7-10-23-13-19)21(27)12-20-17(4)24-26(18(20)5)14-16(2)3/h7-8,10,13,16H,6,9,11-12,14-15H2,1-5H3. The molecule has 0 aliphatic carbocycles. The van der Waals surface area contributed by atoms with Gasteiger partial charge in [0, 0.05) is 43.3 Å². The van der Waals surface area contributed by atoms with Gasteiger partial charge >= 0.3 is 5.97 Å². The summed E-state index contributed by atoms with van der Waals surface area (Å²) in [6.07, 6.45) is 3.87. The second-order valence-electron chi connectivity index (χ2n) is 7.63. The molecule has 2 aromatic heterocycles. The van der Waals surface area contributed by atoms with Crippen molar-refractivity contribution in [3.8, 4) is 0 Å². The monoisotopic (exact) mass is 400 g/mol. The Labute approximate surface area is 173 Å². The van der Waals surface area contributed by atoms with Crippen LogP contribution in [-0.2, 0) is 33.8 Å². The van der Waals surface area contributed by atoms with Crippen molar-refractivity contribution in [3.05, 3.63) is 47.0 Å². The Morgan fingerprint density at radius 1 is 1.28 bits per heavy atom. The Bertz CT molecular complexity index is 815. The largest absolute Gasteiger partial charge is 0.466 e. The van der Waals surface area contributed by atoms with Crippen molar-refractivity contribution in [2.75, 3.05) is 13.2 Å². The predicted molar refractivity (Wildman–Crippen MR) is 111 cm³/mol. The number of aryl methyl sites for hydroxylation is 1. The van der Waals surface area contributed by atoms with E-state index in [4.69, 9.17) is 4.74 Å². The van der Waals surface area contributed by atoms with Gasteiger partial charge in [0.15, 0.2) is 0 Å². The molecule has 0 aliphatic rings. The molecule has 158 valence electrons. The molecule has 0 saturated carbocycles. The highest BCUT2D eigenvalue weighted by atomic mass is 16.5. The summed E-state index contributed by atoms with van der Waals surface area (Å²) >= 11 is 0. The zero-order chi connectivity index (χ0) is 21.4. The Morgan fingerprint density at radius 3 is 2.66 bits per heavy atom. The third-order valence-corrected chi connectivity index (χ3v) is 4.74. The van der Waals surface area contributed by atoms with Gasteiger partial charge in [-0.15, -0.1) is 0 Å². The summed E-state index contributed by atoms with van der Waals surface area (Å²) in [4.78, 5) is 30.8. The van der Waals surface area contributed by atoms with Crippen molar-refractivity contribution in [1.82, 2.24) is 19.7 Å². The number of amides is 1. The highest BCUT2D eigenvalue weighted by molar-refractivity contribution is 5.80. The lowest BCUT2D eigenvalue weighted by Gasteiger charge is -2.22. The van der Waals surface area contributed by atoms with Crippen LogP contribution < -0.4 is 0 Å². The van der Waals surface area contributed by atoms with Gasteiger partial charge in [-0.1, -0.05) is 19.9 Å². The molecule has 0 aromatic carbocycles. The van der Waals surface area contributed by atoms with Crippen molar-refractivity contribution in [2.24, 2.45) is 5.92 Å². The second kappa shape index (κ2) is 10.7. The number of hydrogen-bond acceptors (Lipinski definition) is 5. The normalized spacial score (nSPS) is 11.0. The number of rotatable bonds is 10. The number of esters is 1. The maximum atomic E-state index is 13.1. The minimum atomic E-state index is -0.298. The zero-order valence-corrected chi connectivity index (χ0v) is 18.1. The van der Waals surface area contributed by atoms with E-state index in [0.717, 1.165) is 29.1 Å². The molecule has 0 unspecified atom stereocenters. The van der Waals surface area contributed by atoms with Crippen molar-refractivity contribution >= 4 is 11.9 Å². The molecular formula is C22H32N4O3. The van der Waals surface area contributed by atoms with E-state index >= 15 is 0 Å². The Balaban J connectivity index is 2.16. The number of nitrogens with zero attached hydrogens (tertiary/aromatic N) is 4. The van der Waals surface area contributed by atoms with Crippen LogP contribution in [0, 0.1) is 19.8 Å². The van der Waals surface area contributed by atoms with E-state index in [0.29, 0.717) is 25.6 Å². The van der Waals surface area contributed by atoms with Gasteiger partial charge in [-0.05, 0) is 38.3 Å². The van der Waals surface area contributed by atoms with Gasteiger partial charge in [0.1, 0.15) is 0 Å². The van der Waals surface area contributed by atoms with E-state index < -0.39 is 0 Å². The lowest BCUT2D eigenvalue weighted by atomic mass is 10.1. The first-order valence-electron chi connectivity index (χ1n) is 10.2. The molecule has 0 bridgehead atoms. The van der Waals surface area contributed by atoms with Gasteiger partial charge < -0.3 is 9.64 Å². The second-order valence-corrected chi connectivity index (χ2v) is 7.63. The van der Waals surface area contributed by atoms with Crippen LogP contribution in [0.25, 0.3) is 0 Å². The van der Waals surface area contributed by atoms with Crippen LogP contribution in [0.1, 0.15) is 49.7 Å². The number of carbonyl (C=O) groups is 2. The lowest BCUT2D eigenvalue weighted by Crippen LogP contribution is -2.34. The molecular weight excluding hydrogens is 368 g/mol. The van der Waals surface area contributed by atoms with Gasteiger partial charge in [-0.2, -0.15) is 5.10 Å². The average molecular weight is 401 g/mol. The summed E-state index contributed by atoms with van der Waals surface area (Å²) in [5.41, 5.74) is 3.79. The SMILES string of the molecule is CCOC(=O)CCN(Cc1cccnc1)C(=O)Cc1c(C)nn(CC(C)C)c1C. The molecule has 1 amide bonds. The molecule has 2 heterocycles. The van der Waals surface area contributed by atoms with Crippen LogP contribution in [0.15, 0.2) is 24.5 Å². The van der Waals surface area contributed by atoms with E-state index in [1.54, 1.807) is 24.2 Å². The molecule has 0 N–H and O–H groups in total. The molecule has 7 nitrogen and oxygen atoms in total. The summed E-state index contributed by atoms with van der Waals surface area (Å²) in [6.45, 7) is 11.9. The molecule has 0 fully saturated rings. The fourth-order valence-corrected chi connectivity index (χ4v) is 3.24. The smallest absolute Gasteiger partial charge is 0.307 e. The maximum Gasteiger partial charge on any atom is 0.307 e. The van der Waals surface area contributed by atoms with Gasteiger partial charge in [-0.3, -0.25) is 19.3 Å². The minimum absolute atomic E-state index is 0.0338. The summed E-state index contributed by atoms with van der Waals surface area (Å²) < 4.78 is 7.00. The molecule has 29 heavy (non-hydrogen) atoms. The minimum Gasteiger partial charge on any atom is -0.466 e. The Hall–Kier alpha value is -2.70. The zero-order valence-electron chi connectivity index (χ0n) is 18.1. The predicted octanol–water partition coefficient (Wildman–Crippen LogP) is 3.08. The summed E-state index contributed by atoms with van der Waals surface area (Å²) in [6, 6.07) is 3.77. The quantitative estimate of drug-likeness (QED) is 0.573. The lowest BCUT2D eigenvalue weighted by molar-refractivity contribution is -0.144. The molecule has 0 saturated heterocycles. The van der Waals surface area contributed by atoms with Crippen LogP contribution in [0.2, 0.25) is 0 Å². The molecule has 0 radical (unpaired) electrons. The Morgan fingerprint density at radius 2 is 2.03 bits per heavy atom. The van der Waals surface area contributed by atoms with Gasteiger partial charge in [-0.25, -0.2) is 0 Å². The van der Waals surface area contributed by atoms with Crippen LogP contribution in [0.5, 0.6) is 0 Å². The van der Waals surface area contributed by atoms with Gasteiger partial charge in [0.25, 0.3) is 0 Å². The van der Waals surface area contributed by atoms with Crippen molar-refractivity contribution < 1.29 is 14.3 Å². The third kappa shape index (κ3) is 6.69. The first-order valence-corrected chi connectivity index (χ1v) is 10.2. The van der Waals surface area contributed by atoms with Crippen LogP contribution in [-0.4, -0.2) is 44.7 Å². The van der Waals surface area contributed by atoms with Crippen LogP contribution in [0.4, 0.5) is 0 Å². The summed E-state index contributed by atoms with van der Waals surface area (Å²) in [7, 11) is 0. The van der Waals surface area contributed by atoms with E-state index in [9.17, 15) is 9.59 Å². The highest BCUT2D eigenvalue weighted by Gasteiger charge is 2.21. The van der Waals surface area contributed by atoms with E-state index in [-0.39, 0.29) is 24.7 Å². The van der Waals surface area contributed by atoms with Crippen LogP contribution >= 0.6 is 0 Å². The first-order chi connectivity index (χ1) is 13.8. The van der Waals surface area contributed by atoms with E-state index in [2.05, 4.69) is 23.9 Å². The fraction of sp³-hybridized carbons (Fsp3) is 0.545. The Kier molecular flexibility index (Phi) is 8.36. The molecule has 2 rings (SSSR count). The van der Waals surface area contributed by atoms with Gasteiger partial charge in [0.2, 0.25) is 5.91 Å². The number of hydrogen-bond donors (Lipinski definition) is 0. The van der Waals surface area contributed by atoms with Gasteiger partial charge in [0.05, 0.1) is 25.1 Å². The van der Waals surface area contributed by atoms with E-state index in [1.165, 1.54) is 0 Å². The summed E-state index contributed by atoms with van der Waals surface area (Å²) in [5, 5.41) is 4.61. The topological polar surface area (TPSA) is 77.3 Å². The number of ether oxygens (including phenoxy) is 1. The number of pyridine rings is 1. The van der Waals surface area contributed by atoms with Crippen molar-refractivity contribution in [2.45, 2.75) is 60.5 Å². The van der Waals surface area contributed by atoms with Crippen molar-refractivity contribution in [1.29, 1.82) is 0 Å². The summed E-state index contributed by atoms with van der Waals surface area (Å²) in [5.74, 6) is 0.144. The molecule has 0 spiro atoms.